The second kappa shape index (κ2) is 5.35. The number of nitrogens with two attached hydrogens (primary N) is 1. The highest BCUT2D eigenvalue weighted by molar-refractivity contribution is 5.81. The fraction of sp³-hybridized carbons (Fsp3) is 0.818. The number of piperazine rings is 1. The van der Waals surface area contributed by atoms with Gasteiger partial charge in [0.2, 0.25) is 0 Å². The number of carbonyl (C=O) groups excluding carboxylic acids is 1. The summed E-state index contributed by atoms with van der Waals surface area (Å²) < 4.78 is 4.71. The van der Waals surface area contributed by atoms with Crippen LogP contribution in [0.3, 0.4) is 0 Å². The number of hydrogen-bond donors (Lipinski definition) is 2. The Morgan fingerprint density at radius 1 is 1.53 bits per heavy atom. The van der Waals surface area contributed by atoms with Gasteiger partial charge in [-0.2, -0.15) is 0 Å². The van der Waals surface area contributed by atoms with Crippen LogP contribution < -0.4 is 11.1 Å². The molecule has 0 aromatic heterocycles. The van der Waals surface area contributed by atoms with Crippen LogP contribution in [0.4, 0.5) is 0 Å². The van der Waals surface area contributed by atoms with E-state index in [0.717, 1.165) is 6.54 Å². The number of hydrogen-bond acceptors (Lipinski definition) is 4. The molecule has 17 heavy (non-hydrogen) atoms. The third-order valence-electron chi connectivity index (χ3n) is 2.44. The molecule has 98 valence electrons. The van der Waals surface area contributed by atoms with Crippen LogP contribution in [0, 0.1) is 0 Å². The first-order valence-electron chi connectivity index (χ1n) is 5.75. The van der Waals surface area contributed by atoms with Crippen molar-refractivity contribution in [1.29, 1.82) is 0 Å². The lowest BCUT2D eigenvalue weighted by atomic mass is 10.1. The molecule has 1 saturated heterocycles. The van der Waals surface area contributed by atoms with Crippen LogP contribution in [-0.2, 0) is 9.53 Å². The van der Waals surface area contributed by atoms with Crippen molar-refractivity contribution in [3.8, 4) is 0 Å². The molecule has 0 aromatic carbocycles. The summed E-state index contributed by atoms with van der Waals surface area (Å²) >= 11 is 0. The van der Waals surface area contributed by atoms with E-state index >= 15 is 0 Å². The van der Waals surface area contributed by atoms with Gasteiger partial charge in [0.05, 0.1) is 12.6 Å². The zero-order valence-electron chi connectivity index (χ0n) is 11.0. The number of nitrogens with zero attached hydrogens (tertiary/aromatic N) is 2. The van der Waals surface area contributed by atoms with Gasteiger partial charge in [-0.15, -0.1) is 0 Å². The van der Waals surface area contributed by atoms with Crippen LogP contribution in [0.5, 0.6) is 0 Å². The number of guanidine groups is 1. The lowest BCUT2D eigenvalue weighted by Crippen LogP contribution is -2.57. The van der Waals surface area contributed by atoms with E-state index in [1.807, 2.05) is 25.7 Å². The highest BCUT2D eigenvalue weighted by Gasteiger charge is 2.27. The normalized spacial score (nSPS) is 22.5. The predicted octanol–water partition coefficient (Wildman–Crippen LogP) is -0.454. The summed E-state index contributed by atoms with van der Waals surface area (Å²) in [4.78, 5) is 17.7. The van der Waals surface area contributed by atoms with E-state index < -0.39 is 0 Å². The first-order valence-corrected chi connectivity index (χ1v) is 5.75. The van der Waals surface area contributed by atoms with E-state index in [-0.39, 0.29) is 17.6 Å². The van der Waals surface area contributed by atoms with Gasteiger partial charge in [-0.25, -0.2) is 4.99 Å². The topological polar surface area (TPSA) is 80.0 Å². The number of aliphatic imine (C=N–C) groups is 1. The Bertz CT molecular complexity index is 309. The van der Waals surface area contributed by atoms with E-state index in [9.17, 15) is 4.79 Å². The monoisotopic (exact) mass is 242 g/mol. The van der Waals surface area contributed by atoms with E-state index in [2.05, 4.69) is 10.3 Å². The predicted molar refractivity (Wildman–Crippen MR) is 66.8 cm³/mol. The van der Waals surface area contributed by atoms with Gasteiger partial charge < -0.3 is 20.7 Å². The summed E-state index contributed by atoms with van der Waals surface area (Å²) in [7, 11) is 1.38. The van der Waals surface area contributed by atoms with Crippen molar-refractivity contribution < 1.29 is 9.53 Å². The molecule has 0 amide bonds. The smallest absolute Gasteiger partial charge is 0.324 e. The fourth-order valence-corrected chi connectivity index (χ4v) is 1.67. The van der Waals surface area contributed by atoms with Crippen LogP contribution >= 0.6 is 0 Å². The molecular weight excluding hydrogens is 220 g/mol. The molecule has 1 heterocycles. The number of rotatable bonds is 1. The standard InChI is InChI=1S/C11H22N4O2/c1-11(2,3)14-10(12)15-6-5-13-8(7-15)9(16)17-4/h8,13H,5-7H2,1-4H3,(H2,12,14). The number of carbonyl (C=O) groups is 1. The van der Waals surface area contributed by atoms with Gasteiger partial charge in [0.1, 0.15) is 6.04 Å². The second-order valence-electron chi connectivity index (χ2n) is 5.12. The molecular formula is C11H22N4O2. The van der Waals surface area contributed by atoms with Gasteiger partial charge in [-0.1, -0.05) is 0 Å². The third-order valence-corrected chi connectivity index (χ3v) is 2.44. The summed E-state index contributed by atoms with van der Waals surface area (Å²) in [5.74, 6) is 0.214. The molecule has 0 spiro atoms. The lowest BCUT2D eigenvalue weighted by molar-refractivity contribution is -0.143. The third kappa shape index (κ3) is 4.22. The molecule has 1 aliphatic heterocycles. The van der Waals surface area contributed by atoms with Crippen molar-refractivity contribution in [1.82, 2.24) is 10.2 Å². The molecule has 0 bridgehead atoms. The molecule has 1 unspecified atom stereocenters. The van der Waals surface area contributed by atoms with Gasteiger partial charge in [0.25, 0.3) is 0 Å². The molecule has 1 fully saturated rings. The van der Waals surface area contributed by atoms with E-state index in [1.165, 1.54) is 7.11 Å². The molecule has 0 aromatic rings. The van der Waals surface area contributed by atoms with Gasteiger partial charge in [0, 0.05) is 19.6 Å². The Labute approximate surface area is 102 Å². The van der Waals surface area contributed by atoms with Gasteiger partial charge in [-0.05, 0) is 20.8 Å². The maximum absolute atomic E-state index is 11.4. The van der Waals surface area contributed by atoms with E-state index in [1.54, 1.807) is 0 Å². The number of nitrogens with one attached hydrogen (secondary N) is 1. The van der Waals surface area contributed by atoms with E-state index in [0.29, 0.717) is 19.0 Å². The maximum Gasteiger partial charge on any atom is 0.324 e. The Morgan fingerprint density at radius 2 is 2.18 bits per heavy atom. The Morgan fingerprint density at radius 3 is 2.71 bits per heavy atom. The maximum atomic E-state index is 11.4. The number of esters is 1. The Kier molecular flexibility index (Phi) is 4.34. The Hall–Kier alpha value is -1.30. The highest BCUT2D eigenvalue weighted by Crippen LogP contribution is 2.08. The molecule has 0 aliphatic carbocycles. The summed E-state index contributed by atoms with van der Waals surface area (Å²) in [6.07, 6.45) is 0. The SMILES string of the molecule is COC(=O)C1CN(C(N)=NC(C)(C)C)CCN1. The Balaban J connectivity index is 2.67. The summed E-state index contributed by atoms with van der Waals surface area (Å²) in [5.41, 5.74) is 5.72. The van der Waals surface area contributed by atoms with Crippen LogP contribution in [0.25, 0.3) is 0 Å². The molecule has 0 radical (unpaired) electrons. The van der Waals surface area contributed by atoms with Crippen molar-refractivity contribution in [3.05, 3.63) is 0 Å². The molecule has 1 rings (SSSR count). The molecule has 6 heteroatoms. The van der Waals surface area contributed by atoms with Crippen molar-refractivity contribution in [3.63, 3.8) is 0 Å². The van der Waals surface area contributed by atoms with Gasteiger partial charge >= 0.3 is 5.97 Å². The zero-order chi connectivity index (χ0) is 13.1. The molecule has 1 atom stereocenters. The molecule has 0 saturated carbocycles. The number of ether oxygens (including phenoxy) is 1. The van der Waals surface area contributed by atoms with Gasteiger partial charge in [0.15, 0.2) is 5.96 Å². The summed E-state index contributed by atoms with van der Waals surface area (Å²) in [5, 5.41) is 3.09. The average Bonchev–Trinajstić information content (AvgIpc) is 2.26. The highest BCUT2D eigenvalue weighted by atomic mass is 16.5. The van der Waals surface area contributed by atoms with Crippen molar-refractivity contribution in [2.24, 2.45) is 10.7 Å². The van der Waals surface area contributed by atoms with Crippen LogP contribution in [-0.4, -0.2) is 55.2 Å². The quantitative estimate of drug-likeness (QED) is 0.370. The van der Waals surface area contributed by atoms with E-state index in [4.69, 9.17) is 10.5 Å². The van der Waals surface area contributed by atoms with Crippen LogP contribution in [0.15, 0.2) is 4.99 Å². The van der Waals surface area contributed by atoms with Crippen LogP contribution in [0.2, 0.25) is 0 Å². The lowest BCUT2D eigenvalue weighted by Gasteiger charge is -2.33. The number of methoxy groups -OCH3 is 1. The molecule has 3 N–H and O–H groups in total. The first-order chi connectivity index (χ1) is 7.83. The fourth-order valence-electron chi connectivity index (χ4n) is 1.67. The average molecular weight is 242 g/mol. The minimum absolute atomic E-state index is 0.213. The summed E-state index contributed by atoms with van der Waals surface area (Å²) in [6.45, 7) is 7.90. The van der Waals surface area contributed by atoms with Crippen molar-refractivity contribution in [2.45, 2.75) is 32.4 Å². The van der Waals surface area contributed by atoms with Crippen LogP contribution in [0.1, 0.15) is 20.8 Å². The minimum Gasteiger partial charge on any atom is -0.468 e. The van der Waals surface area contributed by atoms with Gasteiger partial charge in [-0.3, -0.25) is 4.79 Å². The first kappa shape index (κ1) is 13.8. The summed E-state index contributed by atoms with van der Waals surface area (Å²) in [6, 6.07) is -0.331. The zero-order valence-corrected chi connectivity index (χ0v) is 11.0. The van der Waals surface area contributed by atoms with Crippen molar-refractivity contribution in [2.75, 3.05) is 26.7 Å². The molecule has 1 aliphatic rings. The second-order valence-corrected chi connectivity index (χ2v) is 5.12. The molecule has 6 nitrogen and oxygen atoms in total. The minimum atomic E-state index is -0.331. The van der Waals surface area contributed by atoms with Crippen molar-refractivity contribution >= 4 is 11.9 Å². The largest absolute Gasteiger partial charge is 0.468 e.